The van der Waals surface area contributed by atoms with Crippen LogP contribution in [0.25, 0.3) is 5.57 Å². The van der Waals surface area contributed by atoms with Gasteiger partial charge >= 0.3 is 0 Å². The largest absolute Gasteiger partial charge is 0.398 e. The van der Waals surface area contributed by atoms with Gasteiger partial charge in [-0.25, -0.2) is 8.42 Å². The molecule has 0 bridgehead atoms. The van der Waals surface area contributed by atoms with Gasteiger partial charge in [-0.05, 0) is 49.5 Å². The van der Waals surface area contributed by atoms with E-state index in [0.29, 0.717) is 36.9 Å². The first-order valence-corrected chi connectivity index (χ1v) is 9.20. The van der Waals surface area contributed by atoms with Crippen LogP contribution in [0, 0.1) is 0 Å². The number of nitrogens with two attached hydrogens (primary N) is 1. The molecule has 1 saturated heterocycles. The van der Waals surface area contributed by atoms with Crippen molar-refractivity contribution in [1.29, 1.82) is 0 Å². The molecule has 1 aromatic carbocycles. The SMILES string of the molecule is Nc1ccc(S(=O)(=O)N2CCOCC2)cc1C1=CCCCC1. The Bertz CT molecular complexity index is 677. The number of hydrogen-bond donors (Lipinski definition) is 1. The van der Waals surface area contributed by atoms with Gasteiger partial charge in [0.05, 0.1) is 18.1 Å². The van der Waals surface area contributed by atoms with E-state index in [1.807, 2.05) is 0 Å². The Balaban J connectivity index is 1.96. The van der Waals surface area contributed by atoms with Crippen LogP contribution >= 0.6 is 0 Å². The average molecular weight is 322 g/mol. The van der Waals surface area contributed by atoms with Crippen molar-refractivity contribution < 1.29 is 13.2 Å². The molecule has 1 heterocycles. The molecule has 0 aromatic heterocycles. The summed E-state index contributed by atoms with van der Waals surface area (Å²) in [6.45, 7) is 1.72. The zero-order chi connectivity index (χ0) is 15.6. The summed E-state index contributed by atoms with van der Waals surface area (Å²) in [7, 11) is -3.47. The van der Waals surface area contributed by atoms with Crippen LogP contribution < -0.4 is 5.73 Å². The van der Waals surface area contributed by atoms with Crippen LogP contribution in [0.15, 0.2) is 29.2 Å². The lowest BCUT2D eigenvalue weighted by molar-refractivity contribution is 0.0730. The molecule has 1 aliphatic carbocycles. The van der Waals surface area contributed by atoms with Crippen molar-refractivity contribution in [3.05, 3.63) is 29.8 Å². The molecule has 5 nitrogen and oxygen atoms in total. The fourth-order valence-electron chi connectivity index (χ4n) is 2.99. The molecule has 1 fully saturated rings. The maximum absolute atomic E-state index is 12.7. The van der Waals surface area contributed by atoms with Crippen molar-refractivity contribution in [3.63, 3.8) is 0 Å². The Kier molecular flexibility index (Phi) is 4.52. The Morgan fingerprint density at radius 1 is 1.14 bits per heavy atom. The third-order valence-electron chi connectivity index (χ3n) is 4.27. The highest BCUT2D eigenvalue weighted by molar-refractivity contribution is 7.89. The third-order valence-corrected chi connectivity index (χ3v) is 6.16. The van der Waals surface area contributed by atoms with E-state index in [4.69, 9.17) is 10.5 Å². The van der Waals surface area contributed by atoms with E-state index in [9.17, 15) is 8.42 Å². The lowest BCUT2D eigenvalue weighted by Crippen LogP contribution is -2.40. The average Bonchev–Trinajstić information content (AvgIpc) is 2.57. The molecule has 3 rings (SSSR count). The molecular weight excluding hydrogens is 300 g/mol. The number of sulfonamides is 1. The summed E-state index contributed by atoms with van der Waals surface area (Å²) in [4.78, 5) is 0.324. The number of nitrogen functional groups attached to an aromatic ring is 1. The van der Waals surface area contributed by atoms with Crippen LogP contribution in [0.5, 0.6) is 0 Å². The highest BCUT2D eigenvalue weighted by Gasteiger charge is 2.27. The molecule has 6 heteroatoms. The van der Waals surface area contributed by atoms with E-state index in [0.717, 1.165) is 24.8 Å². The summed E-state index contributed by atoms with van der Waals surface area (Å²) < 4.78 is 32.2. The number of ether oxygens (including phenoxy) is 1. The Hall–Kier alpha value is -1.37. The van der Waals surface area contributed by atoms with E-state index in [1.165, 1.54) is 16.3 Å². The lowest BCUT2D eigenvalue weighted by Gasteiger charge is -2.26. The van der Waals surface area contributed by atoms with Gasteiger partial charge in [0.1, 0.15) is 0 Å². The van der Waals surface area contributed by atoms with Gasteiger partial charge in [-0.2, -0.15) is 4.31 Å². The highest BCUT2D eigenvalue weighted by Crippen LogP contribution is 2.32. The summed E-state index contributed by atoms with van der Waals surface area (Å²) >= 11 is 0. The molecule has 2 aliphatic rings. The van der Waals surface area contributed by atoms with Gasteiger partial charge in [0, 0.05) is 24.3 Å². The second kappa shape index (κ2) is 6.40. The zero-order valence-corrected chi connectivity index (χ0v) is 13.4. The molecule has 1 aliphatic heterocycles. The molecule has 0 saturated carbocycles. The van der Waals surface area contributed by atoms with Crippen molar-refractivity contribution >= 4 is 21.3 Å². The topological polar surface area (TPSA) is 72.6 Å². The van der Waals surface area contributed by atoms with Gasteiger partial charge in [0.25, 0.3) is 0 Å². The Morgan fingerprint density at radius 3 is 2.59 bits per heavy atom. The number of benzene rings is 1. The van der Waals surface area contributed by atoms with E-state index in [1.54, 1.807) is 18.2 Å². The predicted molar refractivity (Wildman–Crippen MR) is 86.9 cm³/mol. The first kappa shape index (κ1) is 15.5. The monoisotopic (exact) mass is 322 g/mol. The molecule has 2 N–H and O–H groups in total. The van der Waals surface area contributed by atoms with E-state index in [2.05, 4.69) is 6.08 Å². The quantitative estimate of drug-likeness (QED) is 0.866. The van der Waals surface area contributed by atoms with Gasteiger partial charge in [0.15, 0.2) is 0 Å². The minimum atomic E-state index is -3.47. The number of nitrogens with zero attached hydrogens (tertiary/aromatic N) is 1. The molecular formula is C16H22N2O3S. The Morgan fingerprint density at radius 2 is 1.91 bits per heavy atom. The van der Waals surface area contributed by atoms with Crippen molar-refractivity contribution in [1.82, 2.24) is 4.31 Å². The van der Waals surface area contributed by atoms with Crippen LogP contribution in [-0.2, 0) is 14.8 Å². The van der Waals surface area contributed by atoms with Crippen molar-refractivity contribution in [2.24, 2.45) is 0 Å². The summed E-state index contributed by atoms with van der Waals surface area (Å²) in [6.07, 6.45) is 6.50. The van der Waals surface area contributed by atoms with E-state index < -0.39 is 10.0 Å². The fourth-order valence-corrected chi connectivity index (χ4v) is 4.43. The first-order chi connectivity index (χ1) is 10.6. The van der Waals surface area contributed by atoms with Crippen LogP contribution in [0.2, 0.25) is 0 Å². The smallest absolute Gasteiger partial charge is 0.243 e. The second-order valence-electron chi connectivity index (χ2n) is 5.74. The maximum atomic E-state index is 12.7. The standard InChI is InChI=1S/C16H22N2O3S/c17-16-7-6-14(12-15(16)13-4-2-1-3-5-13)22(19,20)18-8-10-21-11-9-18/h4,6-7,12H,1-3,5,8-11,17H2. The summed E-state index contributed by atoms with van der Waals surface area (Å²) in [6, 6.07) is 5.04. The van der Waals surface area contributed by atoms with Gasteiger partial charge < -0.3 is 10.5 Å². The van der Waals surface area contributed by atoms with Crippen LogP contribution in [0.4, 0.5) is 5.69 Å². The molecule has 0 unspecified atom stereocenters. The molecule has 0 radical (unpaired) electrons. The van der Waals surface area contributed by atoms with Gasteiger partial charge in [-0.15, -0.1) is 0 Å². The summed E-state index contributed by atoms with van der Waals surface area (Å²) in [5, 5.41) is 0. The van der Waals surface area contributed by atoms with Gasteiger partial charge in [-0.1, -0.05) is 6.08 Å². The van der Waals surface area contributed by atoms with Crippen molar-refractivity contribution in [2.45, 2.75) is 30.6 Å². The highest BCUT2D eigenvalue weighted by atomic mass is 32.2. The lowest BCUT2D eigenvalue weighted by atomic mass is 9.93. The summed E-state index contributed by atoms with van der Waals surface area (Å²) in [5.74, 6) is 0. The fraction of sp³-hybridized carbons (Fsp3) is 0.500. The normalized spacial score (nSPS) is 20.6. The number of hydrogen-bond acceptors (Lipinski definition) is 4. The van der Waals surface area contributed by atoms with Gasteiger partial charge in [0.2, 0.25) is 10.0 Å². The van der Waals surface area contributed by atoms with E-state index in [-0.39, 0.29) is 0 Å². The van der Waals surface area contributed by atoms with Gasteiger partial charge in [-0.3, -0.25) is 0 Å². The molecule has 120 valence electrons. The van der Waals surface area contributed by atoms with Crippen LogP contribution in [0.3, 0.4) is 0 Å². The number of allylic oxidation sites excluding steroid dienone is 2. The van der Waals surface area contributed by atoms with Crippen molar-refractivity contribution in [3.8, 4) is 0 Å². The molecule has 1 aromatic rings. The minimum Gasteiger partial charge on any atom is -0.398 e. The third kappa shape index (κ3) is 3.04. The number of rotatable bonds is 3. The number of anilines is 1. The maximum Gasteiger partial charge on any atom is 0.243 e. The second-order valence-corrected chi connectivity index (χ2v) is 7.68. The Labute approximate surface area is 131 Å². The predicted octanol–water partition coefficient (Wildman–Crippen LogP) is 2.25. The van der Waals surface area contributed by atoms with Crippen LogP contribution in [0.1, 0.15) is 31.2 Å². The molecule has 22 heavy (non-hydrogen) atoms. The zero-order valence-electron chi connectivity index (χ0n) is 12.6. The minimum absolute atomic E-state index is 0.324. The van der Waals surface area contributed by atoms with E-state index >= 15 is 0 Å². The first-order valence-electron chi connectivity index (χ1n) is 7.76. The molecule has 0 atom stereocenters. The number of morpholine rings is 1. The van der Waals surface area contributed by atoms with Crippen molar-refractivity contribution in [2.75, 3.05) is 32.0 Å². The van der Waals surface area contributed by atoms with Crippen LogP contribution in [-0.4, -0.2) is 39.0 Å². The molecule has 0 spiro atoms. The molecule has 0 amide bonds. The summed E-state index contributed by atoms with van der Waals surface area (Å²) in [5.41, 5.74) is 8.76.